The third kappa shape index (κ3) is 6.57. The normalized spacial score (nSPS) is 12.5. The van der Waals surface area contributed by atoms with Crippen molar-refractivity contribution < 1.29 is 4.42 Å². The summed E-state index contributed by atoms with van der Waals surface area (Å²) in [6, 6.07) is 92.2. The van der Waals surface area contributed by atoms with Crippen molar-refractivity contribution >= 4 is 50.8 Å². The molecule has 0 unspecified atom stereocenters. The van der Waals surface area contributed by atoms with E-state index in [2.05, 4.69) is 237 Å². The van der Waals surface area contributed by atoms with Crippen LogP contribution in [0.25, 0.3) is 100 Å². The first-order valence-electron chi connectivity index (χ1n) is 23.2. The largest absolute Gasteiger partial charge is 0.456 e. The number of fused-ring (bicyclic) bond motifs is 6. The van der Waals surface area contributed by atoms with Gasteiger partial charge in [-0.15, -0.1) is 0 Å². The minimum Gasteiger partial charge on any atom is -0.456 e. The first kappa shape index (κ1) is 39.6. The Bertz CT molecular complexity index is 3810. The van der Waals surface area contributed by atoms with Gasteiger partial charge in [0.05, 0.1) is 11.4 Å². The van der Waals surface area contributed by atoms with Crippen LogP contribution in [0.4, 0.5) is 0 Å². The van der Waals surface area contributed by atoms with E-state index in [9.17, 15) is 0 Å². The summed E-state index contributed by atoms with van der Waals surface area (Å²) in [5.41, 5.74) is 15.9. The van der Waals surface area contributed by atoms with E-state index in [1.165, 1.54) is 31.9 Å². The van der Waals surface area contributed by atoms with Crippen LogP contribution in [0.3, 0.4) is 0 Å². The quantitative estimate of drug-likeness (QED) is 0.143. The highest BCUT2D eigenvalue weighted by Crippen LogP contribution is 2.40. The molecule has 1 aliphatic rings. The molecule has 0 bridgehead atoms. The van der Waals surface area contributed by atoms with Gasteiger partial charge in [-0.05, 0) is 108 Å². The van der Waals surface area contributed by atoms with Crippen LogP contribution in [0, 0.1) is 0 Å². The van der Waals surface area contributed by atoms with Gasteiger partial charge >= 0.3 is 0 Å². The number of benzene rings is 10. The maximum atomic E-state index is 6.25. The molecule has 1 aliphatic heterocycles. The predicted molar refractivity (Wildman–Crippen MR) is 285 cm³/mol. The van der Waals surface area contributed by atoms with Crippen LogP contribution in [-0.2, 0) is 0 Å². The Morgan fingerprint density at radius 2 is 0.809 bits per heavy atom. The Morgan fingerprint density at radius 3 is 1.54 bits per heavy atom. The number of rotatable bonds is 8. The number of furan rings is 1. The summed E-state index contributed by atoms with van der Waals surface area (Å²) in [7, 11) is -2.72. The zero-order valence-electron chi connectivity index (χ0n) is 37.1. The highest BCUT2D eigenvalue weighted by molar-refractivity contribution is 7.22. The third-order valence-corrected chi connectivity index (χ3v) is 18.6. The maximum absolute atomic E-state index is 6.25. The smallest absolute Gasteiger partial charge is 0.180 e. The molecule has 0 N–H and O–H groups in total. The number of para-hydroxylation sites is 1. The summed E-state index contributed by atoms with van der Waals surface area (Å²) in [4.78, 5) is 10.8. The molecule has 0 radical (unpaired) electrons. The summed E-state index contributed by atoms with van der Waals surface area (Å²) < 4.78 is 6.25. The molecular formula is C64H42N2OSi. The van der Waals surface area contributed by atoms with Gasteiger partial charge in [-0.3, -0.25) is 0 Å². The molecule has 13 rings (SSSR count). The van der Waals surface area contributed by atoms with E-state index in [-0.39, 0.29) is 0 Å². The van der Waals surface area contributed by atoms with Crippen molar-refractivity contribution in [3.63, 3.8) is 0 Å². The number of hydrogen-bond donors (Lipinski definition) is 0. The van der Waals surface area contributed by atoms with Crippen LogP contribution in [0.5, 0.6) is 0 Å². The van der Waals surface area contributed by atoms with Crippen LogP contribution >= 0.6 is 0 Å². The zero-order chi connectivity index (χ0) is 45.0. The molecule has 0 atom stereocenters. The molecule has 0 amide bonds. The fraction of sp³-hybridized carbons (Fsp3) is 0. The fourth-order valence-electron chi connectivity index (χ4n) is 10.7. The Balaban J connectivity index is 1.01. The lowest BCUT2D eigenvalue weighted by molar-refractivity contribution is 0.669. The summed E-state index contributed by atoms with van der Waals surface area (Å²) >= 11 is 0. The average molecular weight is 883 g/mol. The standard InChI is InChI=1S/C64H42N2OSi/c1-5-19-43(20-6-1)47-37-48(45-34-36-61-57(40-45)54-29-15-17-31-60(54)67-61)39-49(38-47)58-42-59(66-64(65-58)44-21-7-2-8-22-44)53-28-14-13-27-52(53)46-33-35-56-55-30-16-18-32-62(55)68(63(56)41-46,50-23-9-3-10-24-50)51-25-11-4-12-26-51/h1-42H. The lowest BCUT2D eigenvalue weighted by atomic mass is 9.93. The van der Waals surface area contributed by atoms with Crippen LogP contribution in [0.15, 0.2) is 259 Å². The van der Waals surface area contributed by atoms with Crippen LogP contribution in [0.2, 0.25) is 0 Å². The topological polar surface area (TPSA) is 38.9 Å². The van der Waals surface area contributed by atoms with E-state index in [1.54, 1.807) is 0 Å². The van der Waals surface area contributed by atoms with Gasteiger partial charge in [-0.1, -0.05) is 212 Å². The minimum atomic E-state index is -2.72. The average Bonchev–Trinajstić information content (AvgIpc) is 3.95. The second kappa shape index (κ2) is 16.3. The first-order valence-corrected chi connectivity index (χ1v) is 25.2. The highest BCUT2D eigenvalue weighted by Gasteiger charge is 2.48. The second-order valence-corrected chi connectivity index (χ2v) is 21.4. The molecule has 68 heavy (non-hydrogen) atoms. The fourth-order valence-corrected chi connectivity index (χ4v) is 15.9. The Morgan fingerprint density at radius 1 is 0.279 bits per heavy atom. The number of nitrogens with zero attached hydrogens (tertiary/aromatic N) is 2. The van der Waals surface area contributed by atoms with Crippen molar-refractivity contribution in [1.29, 1.82) is 0 Å². The minimum absolute atomic E-state index is 0.676. The summed E-state index contributed by atoms with van der Waals surface area (Å²) in [5.74, 6) is 0.676. The Kier molecular flexibility index (Phi) is 9.51. The monoisotopic (exact) mass is 882 g/mol. The van der Waals surface area contributed by atoms with E-state index in [0.29, 0.717) is 5.82 Å². The van der Waals surface area contributed by atoms with E-state index in [0.717, 1.165) is 83.4 Å². The van der Waals surface area contributed by atoms with Gasteiger partial charge in [0.2, 0.25) is 0 Å². The molecule has 4 heteroatoms. The molecule has 0 fully saturated rings. The van der Waals surface area contributed by atoms with Crippen molar-refractivity contribution in [3.8, 4) is 78.4 Å². The lowest BCUT2D eigenvalue weighted by Crippen LogP contribution is -2.72. The summed E-state index contributed by atoms with van der Waals surface area (Å²) in [5, 5.41) is 7.80. The molecular weight excluding hydrogens is 841 g/mol. The number of aromatic nitrogens is 2. The van der Waals surface area contributed by atoms with E-state index < -0.39 is 8.07 Å². The first-order chi connectivity index (χ1) is 33.7. The molecule has 12 aromatic rings. The SMILES string of the molecule is c1ccc(-c2cc(-c3ccc4oc5ccccc5c4c3)cc(-c3cc(-c4ccccc4-c4ccc5c(c4)[Si](c4ccccc4)(c4ccccc4)c4ccccc4-5)nc(-c4ccccc4)n3)c2)cc1. The van der Waals surface area contributed by atoms with Gasteiger partial charge in [0.25, 0.3) is 0 Å². The molecule has 0 saturated carbocycles. The molecule has 0 spiro atoms. The van der Waals surface area contributed by atoms with Gasteiger partial charge in [0, 0.05) is 27.5 Å². The Labute approximate surface area is 396 Å². The van der Waals surface area contributed by atoms with E-state index >= 15 is 0 Å². The molecule has 318 valence electrons. The second-order valence-electron chi connectivity index (χ2n) is 17.6. The van der Waals surface area contributed by atoms with Gasteiger partial charge in [0.15, 0.2) is 13.9 Å². The van der Waals surface area contributed by atoms with Crippen molar-refractivity contribution in [1.82, 2.24) is 9.97 Å². The molecule has 2 aromatic heterocycles. The highest BCUT2D eigenvalue weighted by atomic mass is 28.3. The maximum Gasteiger partial charge on any atom is 0.180 e. The lowest BCUT2D eigenvalue weighted by Gasteiger charge is -2.31. The summed E-state index contributed by atoms with van der Waals surface area (Å²) in [6.07, 6.45) is 0. The third-order valence-electron chi connectivity index (χ3n) is 13.8. The summed E-state index contributed by atoms with van der Waals surface area (Å²) in [6.45, 7) is 0. The van der Waals surface area contributed by atoms with E-state index in [1.807, 2.05) is 18.2 Å². The van der Waals surface area contributed by atoms with Crippen molar-refractivity contribution in [3.05, 3.63) is 255 Å². The van der Waals surface area contributed by atoms with Gasteiger partial charge in [0.1, 0.15) is 11.2 Å². The van der Waals surface area contributed by atoms with Crippen molar-refractivity contribution in [2.24, 2.45) is 0 Å². The van der Waals surface area contributed by atoms with Crippen LogP contribution in [-0.4, -0.2) is 18.0 Å². The molecule has 0 aliphatic carbocycles. The zero-order valence-corrected chi connectivity index (χ0v) is 38.1. The predicted octanol–water partition coefficient (Wildman–Crippen LogP) is 13.7. The molecule has 10 aromatic carbocycles. The van der Waals surface area contributed by atoms with Crippen molar-refractivity contribution in [2.45, 2.75) is 0 Å². The van der Waals surface area contributed by atoms with Gasteiger partial charge < -0.3 is 4.42 Å². The van der Waals surface area contributed by atoms with Gasteiger partial charge in [-0.25, -0.2) is 9.97 Å². The van der Waals surface area contributed by atoms with Crippen molar-refractivity contribution in [2.75, 3.05) is 0 Å². The number of hydrogen-bond acceptors (Lipinski definition) is 3. The molecule has 0 saturated heterocycles. The van der Waals surface area contributed by atoms with Crippen LogP contribution in [0.1, 0.15) is 0 Å². The van der Waals surface area contributed by atoms with Crippen LogP contribution < -0.4 is 20.7 Å². The molecule has 3 nitrogen and oxygen atoms in total. The Hall–Kier alpha value is -8.70. The molecule has 3 heterocycles. The van der Waals surface area contributed by atoms with Gasteiger partial charge in [-0.2, -0.15) is 0 Å². The van der Waals surface area contributed by atoms with E-state index in [4.69, 9.17) is 14.4 Å².